The molecule has 1 aliphatic rings. The van der Waals surface area contributed by atoms with Crippen molar-refractivity contribution in [3.63, 3.8) is 0 Å². The highest BCUT2D eigenvalue weighted by atomic mass is 16.3. The zero-order chi connectivity index (χ0) is 10.3. The van der Waals surface area contributed by atoms with E-state index in [2.05, 4.69) is 19.9 Å². The Bertz CT molecular complexity index is 346. The third-order valence-electron chi connectivity index (χ3n) is 3.18. The van der Waals surface area contributed by atoms with E-state index >= 15 is 0 Å². The van der Waals surface area contributed by atoms with E-state index in [0.29, 0.717) is 0 Å². The summed E-state index contributed by atoms with van der Waals surface area (Å²) < 4.78 is 0. The molecule has 0 fully saturated rings. The molecule has 0 saturated heterocycles. The number of nitrogens with two attached hydrogens (primary N) is 1. The SMILES string of the molecule is CC1(C)CC(O)C(N)c2ccccc21. The molecule has 0 saturated carbocycles. The fraction of sp³-hybridized carbons (Fsp3) is 0.500. The molecule has 1 aromatic rings. The van der Waals surface area contributed by atoms with E-state index in [1.807, 2.05) is 18.2 Å². The number of hydrogen-bond acceptors (Lipinski definition) is 2. The summed E-state index contributed by atoms with van der Waals surface area (Å²) in [5, 5.41) is 9.84. The fourth-order valence-corrected chi connectivity index (χ4v) is 2.37. The first-order valence-corrected chi connectivity index (χ1v) is 5.05. The topological polar surface area (TPSA) is 46.2 Å². The van der Waals surface area contributed by atoms with Gasteiger partial charge in [-0.25, -0.2) is 0 Å². The second kappa shape index (κ2) is 3.07. The average Bonchev–Trinajstić information content (AvgIpc) is 2.14. The van der Waals surface area contributed by atoms with Gasteiger partial charge in [0, 0.05) is 0 Å². The molecule has 0 radical (unpaired) electrons. The number of benzene rings is 1. The van der Waals surface area contributed by atoms with Crippen molar-refractivity contribution in [1.82, 2.24) is 0 Å². The highest BCUT2D eigenvalue weighted by molar-refractivity contribution is 5.38. The van der Waals surface area contributed by atoms with Gasteiger partial charge in [-0.3, -0.25) is 0 Å². The molecule has 2 rings (SSSR count). The minimum absolute atomic E-state index is 0.0336. The van der Waals surface area contributed by atoms with E-state index in [1.165, 1.54) is 5.56 Å². The van der Waals surface area contributed by atoms with Gasteiger partial charge in [0.25, 0.3) is 0 Å². The summed E-state index contributed by atoms with van der Waals surface area (Å²) in [5.74, 6) is 0. The fourth-order valence-electron chi connectivity index (χ4n) is 2.37. The Hall–Kier alpha value is -0.860. The lowest BCUT2D eigenvalue weighted by Crippen LogP contribution is -2.39. The molecule has 1 aliphatic carbocycles. The average molecular weight is 191 g/mol. The number of hydrogen-bond donors (Lipinski definition) is 2. The van der Waals surface area contributed by atoms with Crippen LogP contribution in [-0.2, 0) is 5.41 Å². The Kier molecular flexibility index (Phi) is 2.13. The van der Waals surface area contributed by atoms with E-state index in [1.54, 1.807) is 0 Å². The Morgan fingerprint density at radius 3 is 2.71 bits per heavy atom. The van der Waals surface area contributed by atoms with Crippen LogP contribution < -0.4 is 5.73 Å². The van der Waals surface area contributed by atoms with E-state index in [0.717, 1.165) is 12.0 Å². The molecule has 0 amide bonds. The minimum Gasteiger partial charge on any atom is -0.391 e. The van der Waals surface area contributed by atoms with Crippen LogP contribution in [0.4, 0.5) is 0 Å². The molecular formula is C12H17NO. The number of fused-ring (bicyclic) bond motifs is 1. The van der Waals surface area contributed by atoms with Crippen molar-refractivity contribution in [3.05, 3.63) is 35.4 Å². The normalized spacial score (nSPS) is 29.7. The summed E-state index contributed by atoms with van der Waals surface area (Å²) in [5.41, 5.74) is 8.36. The smallest absolute Gasteiger partial charge is 0.0741 e. The number of aliphatic hydroxyl groups excluding tert-OH is 1. The van der Waals surface area contributed by atoms with Crippen LogP contribution in [0.3, 0.4) is 0 Å². The molecule has 0 bridgehead atoms. The lowest BCUT2D eigenvalue weighted by Gasteiger charge is -2.38. The van der Waals surface area contributed by atoms with Gasteiger partial charge in [0.05, 0.1) is 12.1 Å². The lowest BCUT2D eigenvalue weighted by molar-refractivity contribution is 0.0995. The predicted octanol–water partition coefficient (Wildman–Crippen LogP) is 1.73. The zero-order valence-corrected chi connectivity index (χ0v) is 8.70. The highest BCUT2D eigenvalue weighted by Crippen LogP contribution is 2.40. The van der Waals surface area contributed by atoms with E-state index in [4.69, 9.17) is 5.73 Å². The van der Waals surface area contributed by atoms with Gasteiger partial charge in [-0.05, 0) is 23.0 Å². The molecular weight excluding hydrogens is 174 g/mol. The van der Waals surface area contributed by atoms with Gasteiger partial charge in [0.2, 0.25) is 0 Å². The molecule has 2 unspecified atom stereocenters. The Morgan fingerprint density at radius 1 is 1.36 bits per heavy atom. The minimum atomic E-state index is -0.417. The predicted molar refractivity (Wildman–Crippen MR) is 57.0 cm³/mol. The summed E-state index contributed by atoms with van der Waals surface area (Å²) in [4.78, 5) is 0. The summed E-state index contributed by atoms with van der Waals surface area (Å²) in [6.45, 7) is 4.31. The van der Waals surface area contributed by atoms with Crippen LogP contribution >= 0.6 is 0 Å². The van der Waals surface area contributed by atoms with Crippen LogP contribution in [0.15, 0.2) is 24.3 Å². The summed E-state index contributed by atoms with van der Waals surface area (Å²) in [6, 6.07) is 7.92. The van der Waals surface area contributed by atoms with Crippen LogP contribution in [0, 0.1) is 0 Å². The molecule has 1 aromatic carbocycles. The van der Waals surface area contributed by atoms with Crippen molar-refractivity contribution in [1.29, 1.82) is 0 Å². The Morgan fingerprint density at radius 2 is 2.00 bits per heavy atom. The maximum atomic E-state index is 9.84. The van der Waals surface area contributed by atoms with Crippen molar-refractivity contribution in [2.45, 2.75) is 37.8 Å². The molecule has 0 aromatic heterocycles. The van der Waals surface area contributed by atoms with Crippen molar-refractivity contribution in [2.75, 3.05) is 0 Å². The van der Waals surface area contributed by atoms with E-state index < -0.39 is 6.10 Å². The second-order valence-corrected chi connectivity index (χ2v) is 4.77. The quantitative estimate of drug-likeness (QED) is 0.656. The standard InChI is InChI=1S/C12H17NO/c1-12(2)7-10(14)11(13)8-5-3-4-6-9(8)12/h3-6,10-11,14H,7,13H2,1-2H3. The first-order chi connectivity index (χ1) is 6.52. The summed E-state index contributed by atoms with van der Waals surface area (Å²) >= 11 is 0. The molecule has 2 nitrogen and oxygen atoms in total. The van der Waals surface area contributed by atoms with Gasteiger partial charge in [-0.15, -0.1) is 0 Å². The number of aliphatic hydroxyl groups is 1. The molecule has 0 spiro atoms. The molecule has 3 N–H and O–H groups in total. The van der Waals surface area contributed by atoms with Gasteiger partial charge in [-0.2, -0.15) is 0 Å². The maximum absolute atomic E-state index is 9.84. The van der Waals surface area contributed by atoms with E-state index in [-0.39, 0.29) is 11.5 Å². The van der Waals surface area contributed by atoms with Crippen molar-refractivity contribution in [3.8, 4) is 0 Å². The van der Waals surface area contributed by atoms with Crippen LogP contribution in [0.1, 0.15) is 37.4 Å². The van der Waals surface area contributed by atoms with Crippen LogP contribution in [0.2, 0.25) is 0 Å². The zero-order valence-electron chi connectivity index (χ0n) is 8.70. The van der Waals surface area contributed by atoms with Crippen LogP contribution in [0.5, 0.6) is 0 Å². The number of rotatable bonds is 0. The Balaban J connectivity index is 2.56. The first kappa shape index (κ1) is 9.69. The van der Waals surface area contributed by atoms with Crippen molar-refractivity contribution < 1.29 is 5.11 Å². The van der Waals surface area contributed by atoms with Crippen molar-refractivity contribution in [2.24, 2.45) is 5.73 Å². The van der Waals surface area contributed by atoms with Gasteiger partial charge in [-0.1, -0.05) is 38.1 Å². The summed E-state index contributed by atoms with van der Waals surface area (Å²) in [7, 11) is 0. The molecule has 2 heteroatoms. The molecule has 2 atom stereocenters. The third-order valence-corrected chi connectivity index (χ3v) is 3.18. The van der Waals surface area contributed by atoms with E-state index in [9.17, 15) is 5.11 Å². The first-order valence-electron chi connectivity index (χ1n) is 5.05. The van der Waals surface area contributed by atoms with Gasteiger partial charge in [0.1, 0.15) is 0 Å². The highest BCUT2D eigenvalue weighted by Gasteiger charge is 2.36. The third kappa shape index (κ3) is 1.35. The van der Waals surface area contributed by atoms with Crippen molar-refractivity contribution >= 4 is 0 Å². The molecule has 0 heterocycles. The largest absolute Gasteiger partial charge is 0.391 e. The van der Waals surface area contributed by atoms with Gasteiger partial charge < -0.3 is 10.8 Å². The second-order valence-electron chi connectivity index (χ2n) is 4.77. The maximum Gasteiger partial charge on any atom is 0.0741 e. The monoisotopic (exact) mass is 191 g/mol. The van der Waals surface area contributed by atoms with Crippen LogP contribution in [-0.4, -0.2) is 11.2 Å². The van der Waals surface area contributed by atoms with Gasteiger partial charge >= 0.3 is 0 Å². The molecule has 0 aliphatic heterocycles. The van der Waals surface area contributed by atoms with Gasteiger partial charge in [0.15, 0.2) is 0 Å². The summed E-state index contributed by atoms with van der Waals surface area (Å²) in [6.07, 6.45) is 0.324. The lowest BCUT2D eigenvalue weighted by atomic mass is 9.70. The Labute approximate surface area is 84.7 Å². The van der Waals surface area contributed by atoms with Crippen LogP contribution in [0.25, 0.3) is 0 Å². The molecule has 76 valence electrons. The molecule has 14 heavy (non-hydrogen) atoms.